The van der Waals surface area contributed by atoms with Crippen molar-refractivity contribution in [3.05, 3.63) is 100 Å². The number of carboxylic acid groups (broad SMARTS) is 1. The second-order valence-electron chi connectivity index (χ2n) is 10.4. The molecule has 0 saturated carbocycles. The molecule has 0 radical (unpaired) electrons. The highest BCUT2D eigenvalue weighted by Gasteiger charge is 2.39. The summed E-state index contributed by atoms with van der Waals surface area (Å²) in [6.07, 6.45) is 7.20. The van der Waals surface area contributed by atoms with E-state index in [0.717, 1.165) is 34.9 Å². The van der Waals surface area contributed by atoms with Crippen molar-refractivity contribution in [2.24, 2.45) is 0 Å². The van der Waals surface area contributed by atoms with Crippen LogP contribution in [0, 0.1) is 23.6 Å². The van der Waals surface area contributed by atoms with Gasteiger partial charge in [-0.1, -0.05) is 6.07 Å². The summed E-state index contributed by atoms with van der Waals surface area (Å²) < 4.78 is 45.9. The van der Waals surface area contributed by atoms with Crippen molar-refractivity contribution in [3.63, 3.8) is 0 Å². The molecular formula is C30H30F3N3O3. The van der Waals surface area contributed by atoms with Crippen LogP contribution in [-0.4, -0.2) is 49.4 Å². The van der Waals surface area contributed by atoms with E-state index >= 15 is 8.78 Å². The molecule has 2 N–H and O–H groups in total. The third kappa shape index (κ3) is 6.53. The van der Waals surface area contributed by atoms with Crippen LogP contribution in [0.4, 0.5) is 13.2 Å². The Morgan fingerprint density at radius 3 is 2.49 bits per heavy atom. The van der Waals surface area contributed by atoms with Crippen molar-refractivity contribution in [1.29, 1.82) is 0 Å². The summed E-state index contributed by atoms with van der Waals surface area (Å²) in [6.45, 7) is 6.44. The molecule has 0 saturated heterocycles. The van der Waals surface area contributed by atoms with Gasteiger partial charge in [0.2, 0.25) is 0 Å². The largest absolute Gasteiger partial charge is 0.478 e. The summed E-state index contributed by atoms with van der Waals surface area (Å²) in [5, 5.41) is 19.5. The van der Waals surface area contributed by atoms with Crippen LogP contribution in [-0.2, 0) is 11.2 Å². The van der Waals surface area contributed by atoms with Gasteiger partial charge in [0.1, 0.15) is 17.3 Å². The Labute approximate surface area is 225 Å². The molecule has 2 aromatic rings. The summed E-state index contributed by atoms with van der Waals surface area (Å²) in [7, 11) is 0. The number of hydrogen-bond donors (Lipinski definition) is 2. The zero-order valence-corrected chi connectivity index (χ0v) is 22.1. The predicted molar refractivity (Wildman–Crippen MR) is 142 cm³/mol. The van der Waals surface area contributed by atoms with Gasteiger partial charge < -0.3 is 5.11 Å². The Bertz CT molecular complexity index is 1410. The fourth-order valence-electron chi connectivity index (χ4n) is 4.88. The quantitative estimate of drug-likeness (QED) is 0.372. The maximum absolute atomic E-state index is 15.5. The summed E-state index contributed by atoms with van der Waals surface area (Å²) in [5.41, 5.74) is 1.03. The van der Waals surface area contributed by atoms with Crippen molar-refractivity contribution in [2.45, 2.75) is 51.9 Å². The molecule has 0 amide bonds. The summed E-state index contributed by atoms with van der Waals surface area (Å²) >= 11 is 0. The van der Waals surface area contributed by atoms with Gasteiger partial charge in [-0.2, -0.15) is 0 Å². The van der Waals surface area contributed by atoms with E-state index in [1.807, 2.05) is 13.0 Å². The highest BCUT2D eigenvalue weighted by molar-refractivity contribution is 5.85. The van der Waals surface area contributed by atoms with Gasteiger partial charge in [-0.15, -0.1) is 0 Å². The molecule has 204 valence electrons. The number of fused-ring (bicyclic) bond motifs is 1. The first-order valence-corrected chi connectivity index (χ1v) is 12.4. The van der Waals surface area contributed by atoms with Crippen molar-refractivity contribution in [2.75, 3.05) is 6.54 Å². The maximum atomic E-state index is 15.5. The maximum Gasteiger partial charge on any atom is 0.328 e. The molecule has 4 rings (SSSR count). The van der Waals surface area contributed by atoms with E-state index in [0.29, 0.717) is 23.2 Å². The van der Waals surface area contributed by atoms with E-state index in [1.165, 1.54) is 20.0 Å². The number of hydrogen-bond acceptors (Lipinski definition) is 5. The average molecular weight is 538 g/mol. The highest BCUT2D eigenvalue weighted by Crippen LogP contribution is 2.41. The molecule has 2 aromatic carbocycles. The van der Waals surface area contributed by atoms with Crippen LogP contribution in [0.15, 0.2) is 60.7 Å². The van der Waals surface area contributed by atoms with E-state index in [2.05, 4.69) is 12.0 Å². The summed E-state index contributed by atoms with van der Waals surface area (Å²) in [4.78, 5) is 14.2. The molecule has 0 unspecified atom stereocenters. The van der Waals surface area contributed by atoms with E-state index in [4.69, 9.17) is 5.11 Å². The first-order chi connectivity index (χ1) is 18.3. The van der Waals surface area contributed by atoms with Crippen molar-refractivity contribution >= 4 is 12.0 Å². The number of aliphatic carboxylic acids is 1. The van der Waals surface area contributed by atoms with Crippen LogP contribution < -0.4 is 0 Å². The van der Waals surface area contributed by atoms with Gasteiger partial charge in [0.15, 0.2) is 0 Å². The minimum atomic E-state index is -1.62. The van der Waals surface area contributed by atoms with Crippen molar-refractivity contribution < 1.29 is 28.3 Å². The molecule has 0 spiro atoms. The lowest BCUT2D eigenvalue weighted by Crippen LogP contribution is -2.48. The first kappa shape index (κ1) is 28.0. The minimum Gasteiger partial charge on any atom is -0.478 e. The Hall–Kier alpha value is -4.00. The van der Waals surface area contributed by atoms with E-state index in [1.54, 1.807) is 41.3 Å². The Kier molecular flexibility index (Phi) is 7.91. The van der Waals surface area contributed by atoms with E-state index < -0.39 is 29.3 Å². The number of benzene rings is 2. The van der Waals surface area contributed by atoms with Crippen LogP contribution in [0.1, 0.15) is 61.6 Å². The Morgan fingerprint density at radius 2 is 1.87 bits per heavy atom. The lowest BCUT2D eigenvalue weighted by atomic mass is 9.83. The highest BCUT2D eigenvalue weighted by atomic mass is 19.1. The van der Waals surface area contributed by atoms with Gasteiger partial charge in [-0.3, -0.25) is 15.0 Å². The fraction of sp³-hybridized carbons (Fsp3) is 0.300. The molecule has 0 aliphatic carbocycles. The zero-order valence-electron chi connectivity index (χ0n) is 22.1. The molecule has 0 bridgehead atoms. The molecule has 0 aromatic heterocycles. The van der Waals surface area contributed by atoms with E-state index in [9.17, 15) is 14.4 Å². The van der Waals surface area contributed by atoms with Gasteiger partial charge in [0.25, 0.3) is 0 Å². The number of halogens is 3. The second-order valence-corrected chi connectivity index (χ2v) is 10.4. The van der Waals surface area contributed by atoms with E-state index in [-0.39, 0.29) is 23.7 Å². The number of allylic oxidation sites excluding steroid dienone is 1. The Morgan fingerprint density at radius 1 is 1.18 bits per heavy atom. The monoisotopic (exact) mass is 537 g/mol. The summed E-state index contributed by atoms with van der Waals surface area (Å²) in [6, 6.07) is 9.44. The number of carbonyl (C=O) groups is 1. The van der Waals surface area contributed by atoms with Crippen LogP contribution in [0.25, 0.3) is 6.08 Å². The number of carboxylic acids is 1. The lowest BCUT2D eigenvalue weighted by Gasteiger charge is -2.44. The second kappa shape index (κ2) is 11.0. The first-order valence-electron chi connectivity index (χ1n) is 12.4. The van der Waals surface area contributed by atoms with Gasteiger partial charge >= 0.3 is 5.97 Å². The average Bonchev–Trinajstić information content (AvgIpc) is 2.84. The lowest BCUT2D eigenvalue weighted by molar-refractivity contribution is -0.131. The van der Waals surface area contributed by atoms with Gasteiger partial charge in [0.05, 0.1) is 17.9 Å². The van der Waals surface area contributed by atoms with Crippen LogP contribution in [0.3, 0.4) is 0 Å². The molecule has 2 aliphatic heterocycles. The number of alkyl halides is 1. The molecule has 9 heteroatoms. The fourth-order valence-corrected chi connectivity index (χ4v) is 4.88. The number of hydroxylamine groups is 2. The molecule has 2 heterocycles. The van der Waals surface area contributed by atoms with Crippen molar-refractivity contribution in [3.8, 4) is 12.0 Å². The topological polar surface area (TPSA) is 67.2 Å². The van der Waals surface area contributed by atoms with Crippen LogP contribution >= 0.6 is 0 Å². The van der Waals surface area contributed by atoms with Crippen LogP contribution in [0.2, 0.25) is 0 Å². The zero-order chi connectivity index (χ0) is 28.5. The van der Waals surface area contributed by atoms with Crippen LogP contribution in [0.5, 0.6) is 0 Å². The molecule has 0 fully saturated rings. The third-order valence-corrected chi connectivity index (χ3v) is 6.59. The smallest absolute Gasteiger partial charge is 0.328 e. The number of rotatable bonds is 5. The molecule has 39 heavy (non-hydrogen) atoms. The molecule has 2 atom stereocenters. The summed E-state index contributed by atoms with van der Waals surface area (Å²) in [5.74, 6) is 0.161. The van der Waals surface area contributed by atoms with Gasteiger partial charge in [-0.05, 0) is 87.1 Å². The predicted octanol–water partition coefficient (Wildman–Crippen LogP) is 5.80. The molecule has 6 nitrogen and oxygen atoms in total. The number of nitrogens with zero attached hydrogens (tertiary/aromatic N) is 3. The standard InChI is InChI=1S/C30H30F3N3O3/c1-19-13-23-14-21(9-10-34-11-12-36(39)20(2)17-34)5-7-24(23)29(35(19)18-30(3,4)33)28-25(31)15-22(16-26(28)32)6-8-27(37)38/h5-8,11-12,14-17,19,29,39H,13,18H2,1-4H3,(H,37,38)/b8-6+/t19-,29+/m1/s1. The minimum absolute atomic E-state index is 0.0474. The Balaban J connectivity index is 1.77. The SMILES string of the molecule is CC1=CN(C#Cc2ccc3c(c2)C[C@@H](C)N(CC(C)(C)F)[C@@H]3c2c(F)cc(/C=C/C(=O)O)cc2F)C=CN1O. The van der Waals surface area contributed by atoms with Crippen molar-refractivity contribution in [1.82, 2.24) is 14.9 Å². The third-order valence-electron chi connectivity index (χ3n) is 6.59. The van der Waals surface area contributed by atoms with Gasteiger partial charge in [-0.25, -0.2) is 23.0 Å². The normalized spacial score (nSPS) is 19.5. The molecule has 2 aliphatic rings. The van der Waals surface area contributed by atoms with Gasteiger partial charge in [0, 0.05) is 48.2 Å². The molecular weight excluding hydrogens is 507 g/mol.